The fraction of sp³-hybridized carbons (Fsp3) is 0.231. The van der Waals surface area contributed by atoms with Gasteiger partial charge in [-0.2, -0.15) is 0 Å². The summed E-state index contributed by atoms with van der Waals surface area (Å²) in [7, 11) is 2.98. The van der Waals surface area contributed by atoms with Gasteiger partial charge in [-0.15, -0.1) is 0 Å². The number of fused-ring (bicyclic) bond motifs is 1. The molecule has 3 rings (SSSR count). The summed E-state index contributed by atoms with van der Waals surface area (Å²) in [5.74, 6) is 0.401. The highest BCUT2D eigenvalue weighted by Crippen LogP contribution is 2.04. The van der Waals surface area contributed by atoms with Gasteiger partial charge in [-0.1, -0.05) is 6.07 Å². The largest absolute Gasteiger partial charge is 0.403 e. The molecule has 0 fully saturated rings. The number of rotatable bonds is 2. The molecule has 0 aromatic carbocycles. The first-order valence-corrected chi connectivity index (χ1v) is 6.30. The summed E-state index contributed by atoms with van der Waals surface area (Å²) in [5.41, 5.74) is 0.404. The molecule has 3 aromatic heterocycles. The first kappa shape index (κ1) is 13.3. The van der Waals surface area contributed by atoms with Crippen LogP contribution in [0.2, 0.25) is 0 Å². The van der Waals surface area contributed by atoms with E-state index in [2.05, 4.69) is 9.97 Å². The molecule has 0 radical (unpaired) electrons. The molecule has 8 heteroatoms. The minimum atomic E-state index is -0.431. The van der Waals surface area contributed by atoms with E-state index in [1.165, 1.54) is 11.6 Å². The third-order valence-corrected chi connectivity index (χ3v) is 3.37. The van der Waals surface area contributed by atoms with Crippen LogP contribution >= 0.6 is 0 Å². The normalized spacial score (nSPS) is 11.2. The minimum absolute atomic E-state index is 0.0959. The predicted molar refractivity (Wildman–Crippen MR) is 74.0 cm³/mol. The molecule has 0 unspecified atom stereocenters. The van der Waals surface area contributed by atoms with E-state index in [-0.39, 0.29) is 12.1 Å². The van der Waals surface area contributed by atoms with Crippen LogP contribution in [0.1, 0.15) is 5.56 Å². The van der Waals surface area contributed by atoms with Crippen molar-refractivity contribution in [3.63, 3.8) is 0 Å². The molecule has 108 valence electrons. The zero-order chi connectivity index (χ0) is 15.1. The number of nitrogens with zero attached hydrogens (tertiary/aromatic N) is 4. The highest BCUT2D eigenvalue weighted by Gasteiger charge is 2.21. The van der Waals surface area contributed by atoms with Gasteiger partial charge in [0.1, 0.15) is 0 Å². The van der Waals surface area contributed by atoms with Gasteiger partial charge in [0.2, 0.25) is 5.52 Å². The fourth-order valence-electron chi connectivity index (χ4n) is 2.19. The zero-order valence-electron chi connectivity index (χ0n) is 11.6. The number of imidazole rings is 1. The molecule has 8 nitrogen and oxygen atoms in total. The number of aliphatic hydroxyl groups excluding tert-OH is 1. The lowest BCUT2D eigenvalue weighted by molar-refractivity contribution is -0.603. The summed E-state index contributed by atoms with van der Waals surface area (Å²) >= 11 is 0. The van der Waals surface area contributed by atoms with Crippen molar-refractivity contribution in [1.29, 1.82) is 0 Å². The van der Waals surface area contributed by atoms with Crippen LogP contribution in [-0.2, 0) is 20.7 Å². The monoisotopic (exact) mass is 288 g/mol. The van der Waals surface area contributed by atoms with Crippen LogP contribution in [0.3, 0.4) is 0 Å². The Labute approximate surface area is 118 Å². The Kier molecular flexibility index (Phi) is 2.95. The average molecular weight is 288 g/mol. The third kappa shape index (κ3) is 1.96. The van der Waals surface area contributed by atoms with Gasteiger partial charge in [0, 0.05) is 19.7 Å². The van der Waals surface area contributed by atoms with Crippen LogP contribution in [0.25, 0.3) is 17.1 Å². The highest BCUT2D eigenvalue weighted by atomic mass is 16.3. The van der Waals surface area contributed by atoms with Crippen molar-refractivity contribution >= 4 is 11.2 Å². The van der Waals surface area contributed by atoms with Crippen molar-refractivity contribution in [3.8, 4) is 5.95 Å². The van der Waals surface area contributed by atoms with Gasteiger partial charge in [-0.25, -0.2) is 14.3 Å². The number of hydrogen-bond donors (Lipinski definition) is 2. The summed E-state index contributed by atoms with van der Waals surface area (Å²) in [6.07, 6.45) is 3.43. The van der Waals surface area contributed by atoms with Gasteiger partial charge in [0.25, 0.3) is 11.2 Å². The Morgan fingerprint density at radius 1 is 1.33 bits per heavy atom. The molecule has 0 spiro atoms. The average Bonchev–Trinajstić information content (AvgIpc) is 2.96. The fourth-order valence-corrected chi connectivity index (χ4v) is 2.19. The maximum absolute atomic E-state index is 12.1. The topological polar surface area (TPSA) is 96.8 Å². The molecule has 0 aliphatic rings. The third-order valence-electron chi connectivity index (χ3n) is 3.37. The number of nitrogens with one attached hydrogen (secondary N) is 1. The van der Waals surface area contributed by atoms with E-state index in [1.807, 2.05) is 0 Å². The molecule has 0 aliphatic carbocycles. The summed E-state index contributed by atoms with van der Waals surface area (Å²) in [6, 6.07) is 3.53. The molecule has 0 amide bonds. The summed E-state index contributed by atoms with van der Waals surface area (Å²) in [4.78, 5) is 31.2. The SMILES string of the molecule is Cn1c(=O)c2[nH]c(-[n+]3cccc(CO)c3)nc2n(C)c1=O. The maximum atomic E-state index is 12.1. The standard InChI is InChI=1S/C13H13N5O3/c1-16-10-9(11(20)17(2)13(16)21)14-12(15-10)18-5-3-4-8(6-18)7-19/h3-6,19H,7H2,1-2H3/p+1. The molecule has 3 aromatic rings. The molecular formula is C13H14N5O3+. The van der Waals surface area contributed by atoms with Crippen molar-refractivity contribution in [3.05, 3.63) is 50.9 Å². The smallest absolute Gasteiger partial charge is 0.392 e. The molecule has 21 heavy (non-hydrogen) atoms. The number of aromatic amines is 1. The predicted octanol–water partition coefficient (Wildman–Crippen LogP) is -1.27. The molecule has 3 heterocycles. The van der Waals surface area contributed by atoms with E-state index in [9.17, 15) is 9.59 Å². The number of hydrogen-bond acceptors (Lipinski definition) is 4. The molecule has 0 bridgehead atoms. The van der Waals surface area contributed by atoms with E-state index in [1.54, 1.807) is 36.1 Å². The Morgan fingerprint density at radius 3 is 2.81 bits per heavy atom. The van der Waals surface area contributed by atoms with Crippen LogP contribution in [-0.4, -0.2) is 24.2 Å². The first-order chi connectivity index (χ1) is 10.0. The van der Waals surface area contributed by atoms with Gasteiger partial charge in [0.15, 0.2) is 0 Å². The Balaban J connectivity index is 2.31. The van der Waals surface area contributed by atoms with Crippen molar-refractivity contribution in [2.45, 2.75) is 6.61 Å². The second kappa shape index (κ2) is 4.67. The van der Waals surface area contributed by atoms with Gasteiger partial charge < -0.3 is 5.11 Å². The minimum Gasteiger partial charge on any atom is -0.392 e. The number of pyridine rings is 1. The number of H-pyrrole nitrogens is 1. The molecule has 2 N–H and O–H groups in total. The lowest BCUT2D eigenvalue weighted by Gasteiger charge is -1.98. The van der Waals surface area contributed by atoms with Crippen LogP contribution < -0.4 is 15.8 Å². The van der Waals surface area contributed by atoms with Crippen molar-refractivity contribution in [2.75, 3.05) is 0 Å². The van der Waals surface area contributed by atoms with Gasteiger partial charge >= 0.3 is 11.6 Å². The number of aliphatic hydroxyl groups is 1. The molecule has 0 saturated carbocycles. The number of aryl methyl sites for hydroxylation is 1. The van der Waals surface area contributed by atoms with E-state index < -0.39 is 11.2 Å². The second-order valence-corrected chi connectivity index (χ2v) is 4.74. The van der Waals surface area contributed by atoms with Crippen LogP contribution in [0.15, 0.2) is 34.1 Å². The summed E-state index contributed by atoms with van der Waals surface area (Å²) < 4.78 is 3.99. The second-order valence-electron chi connectivity index (χ2n) is 4.74. The Morgan fingerprint density at radius 2 is 2.10 bits per heavy atom. The van der Waals surface area contributed by atoms with Gasteiger partial charge in [-0.05, 0) is 11.1 Å². The van der Waals surface area contributed by atoms with E-state index in [0.29, 0.717) is 17.2 Å². The zero-order valence-corrected chi connectivity index (χ0v) is 11.6. The number of aromatic nitrogens is 5. The van der Waals surface area contributed by atoms with Gasteiger partial charge in [-0.3, -0.25) is 13.9 Å². The van der Waals surface area contributed by atoms with Crippen molar-refractivity contribution in [1.82, 2.24) is 19.1 Å². The molecule has 0 aliphatic heterocycles. The molecule has 0 saturated heterocycles. The van der Waals surface area contributed by atoms with Crippen LogP contribution in [0.4, 0.5) is 0 Å². The van der Waals surface area contributed by atoms with Crippen LogP contribution in [0, 0.1) is 0 Å². The molecular weight excluding hydrogens is 274 g/mol. The van der Waals surface area contributed by atoms with Gasteiger partial charge in [0.05, 0.1) is 19.0 Å². The molecule has 0 atom stereocenters. The highest BCUT2D eigenvalue weighted by molar-refractivity contribution is 5.70. The van der Waals surface area contributed by atoms with Crippen LogP contribution in [0.5, 0.6) is 0 Å². The Hall–Kier alpha value is -2.74. The summed E-state index contributed by atoms with van der Waals surface area (Å²) in [6.45, 7) is -0.0959. The van der Waals surface area contributed by atoms with Crippen molar-refractivity contribution < 1.29 is 9.67 Å². The summed E-state index contributed by atoms with van der Waals surface area (Å²) in [5, 5.41) is 9.17. The lowest BCUT2D eigenvalue weighted by Crippen LogP contribution is -2.36. The van der Waals surface area contributed by atoms with E-state index in [4.69, 9.17) is 5.11 Å². The lowest BCUT2D eigenvalue weighted by atomic mass is 10.3. The Bertz CT molecular complexity index is 951. The maximum Gasteiger partial charge on any atom is 0.403 e. The van der Waals surface area contributed by atoms with Crippen molar-refractivity contribution in [2.24, 2.45) is 14.1 Å². The first-order valence-electron chi connectivity index (χ1n) is 6.30. The quantitative estimate of drug-likeness (QED) is 0.575. The van der Waals surface area contributed by atoms with E-state index in [0.717, 1.165) is 4.57 Å². The van der Waals surface area contributed by atoms with E-state index >= 15 is 0 Å².